The van der Waals surface area contributed by atoms with Gasteiger partial charge in [-0.15, -0.1) is 0 Å². The quantitative estimate of drug-likeness (QED) is 0.630. The van der Waals surface area contributed by atoms with Crippen molar-refractivity contribution in [3.05, 3.63) is 35.9 Å². The summed E-state index contributed by atoms with van der Waals surface area (Å²) >= 11 is 0. The van der Waals surface area contributed by atoms with Gasteiger partial charge >= 0.3 is 0 Å². The van der Waals surface area contributed by atoms with Crippen LogP contribution in [0.15, 0.2) is 30.3 Å². The molecule has 3 atom stereocenters. The molecule has 1 aliphatic rings. The third-order valence-electron chi connectivity index (χ3n) is 3.62. The van der Waals surface area contributed by atoms with Gasteiger partial charge in [-0.2, -0.15) is 0 Å². The van der Waals surface area contributed by atoms with Gasteiger partial charge in [-0.3, -0.25) is 0 Å². The maximum Gasteiger partial charge on any atom is 0.0897 e. The molecule has 3 unspecified atom stereocenters. The largest absolute Gasteiger partial charge is 0.394 e. The zero-order valence-corrected chi connectivity index (χ0v) is 12.3. The lowest BCUT2D eigenvalue weighted by Crippen LogP contribution is -2.35. The van der Waals surface area contributed by atoms with Crippen molar-refractivity contribution in [3.8, 4) is 0 Å². The van der Waals surface area contributed by atoms with Gasteiger partial charge in [0.2, 0.25) is 0 Å². The summed E-state index contributed by atoms with van der Waals surface area (Å²) in [6.45, 7) is 2.01. The Bertz CT molecular complexity index is 381. The van der Waals surface area contributed by atoms with E-state index in [0.717, 1.165) is 25.0 Å². The Labute approximate surface area is 125 Å². The molecule has 0 radical (unpaired) electrons. The predicted molar refractivity (Wildman–Crippen MR) is 80.1 cm³/mol. The van der Waals surface area contributed by atoms with Crippen molar-refractivity contribution in [2.24, 2.45) is 0 Å². The SMILES string of the molecule is OCC(NCC(O)COCC1CCCO1)c1ccccc1. The Morgan fingerprint density at radius 3 is 2.81 bits per heavy atom. The first-order chi connectivity index (χ1) is 10.3. The van der Waals surface area contributed by atoms with Crippen LogP contribution in [0.3, 0.4) is 0 Å². The van der Waals surface area contributed by atoms with Gasteiger partial charge in [0.1, 0.15) is 0 Å². The summed E-state index contributed by atoms with van der Waals surface area (Å²) in [5.41, 5.74) is 1.01. The Hall–Kier alpha value is -0.980. The number of rotatable bonds is 9. The van der Waals surface area contributed by atoms with Crippen LogP contribution in [0.5, 0.6) is 0 Å². The Morgan fingerprint density at radius 2 is 2.14 bits per heavy atom. The smallest absolute Gasteiger partial charge is 0.0897 e. The summed E-state index contributed by atoms with van der Waals surface area (Å²) in [5.74, 6) is 0. The minimum Gasteiger partial charge on any atom is -0.394 e. The molecule has 0 spiro atoms. The van der Waals surface area contributed by atoms with E-state index >= 15 is 0 Å². The second kappa shape index (κ2) is 9.12. The number of aliphatic hydroxyl groups excluding tert-OH is 2. The Kier molecular flexibility index (Phi) is 7.12. The fourth-order valence-corrected chi connectivity index (χ4v) is 2.42. The number of hydrogen-bond acceptors (Lipinski definition) is 5. The molecule has 0 bridgehead atoms. The molecule has 1 aromatic rings. The number of ether oxygens (including phenoxy) is 2. The summed E-state index contributed by atoms with van der Waals surface area (Å²) in [6.07, 6.45) is 1.71. The van der Waals surface area contributed by atoms with E-state index in [-0.39, 0.29) is 25.4 Å². The van der Waals surface area contributed by atoms with Gasteiger partial charge in [0, 0.05) is 13.2 Å². The highest BCUT2D eigenvalue weighted by atomic mass is 16.5. The molecule has 0 saturated carbocycles. The molecule has 1 aliphatic heterocycles. The first-order valence-corrected chi connectivity index (χ1v) is 7.56. The summed E-state index contributed by atoms with van der Waals surface area (Å²) in [7, 11) is 0. The van der Waals surface area contributed by atoms with Gasteiger partial charge in [0.15, 0.2) is 0 Å². The van der Waals surface area contributed by atoms with Crippen LogP contribution >= 0.6 is 0 Å². The predicted octanol–water partition coefficient (Wildman–Crippen LogP) is 0.866. The van der Waals surface area contributed by atoms with Crippen LogP contribution in [0.1, 0.15) is 24.4 Å². The Morgan fingerprint density at radius 1 is 1.33 bits per heavy atom. The van der Waals surface area contributed by atoms with Crippen LogP contribution in [0, 0.1) is 0 Å². The number of hydrogen-bond donors (Lipinski definition) is 3. The van der Waals surface area contributed by atoms with Crippen LogP contribution in [0.25, 0.3) is 0 Å². The molecule has 21 heavy (non-hydrogen) atoms. The molecule has 1 saturated heterocycles. The summed E-state index contributed by atoms with van der Waals surface area (Å²) in [5, 5.41) is 22.5. The molecule has 3 N–H and O–H groups in total. The zero-order chi connectivity index (χ0) is 14.9. The summed E-state index contributed by atoms with van der Waals surface area (Å²) in [6, 6.07) is 9.54. The van der Waals surface area contributed by atoms with E-state index in [9.17, 15) is 10.2 Å². The van der Waals surface area contributed by atoms with E-state index in [1.54, 1.807) is 0 Å². The molecule has 0 aromatic heterocycles. The van der Waals surface area contributed by atoms with Crippen molar-refractivity contribution in [1.82, 2.24) is 5.32 Å². The van der Waals surface area contributed by atoms with Crippen molar-refractivity contribution in [2.75, 3.05) is 33.0 Å². The second-order valence-corrected chi connectivity index (χ2v) is 5.38. The highest BCUT2D eigenvalue weighted by Gasteiger charge is 2.16. The fourth-order valence-electron chi connectivity index (χ4n) is 2.42. The first-order valence-electron chi connectivity index (χ1n) is 7.56. The van der Waals surface area contributed by atoms with Crippen LogP contribution < -0.4 is 5.32 Å². The number of benzene rings is 1. The second-order valence-electron chi connectivity index (χ2n) is 5.38. The lowest BCUT2D eigenvalue weighted by Gasteiger charge is -2.20. The summed E-state index contributed by atoms with van der Waals surface area (Å²) in [4.78, 5) is 0. The molecular formula is C16H25NO4. The van der Waals surface area contributed by atoms with Crippen LogP contribution in [0.2, 0.25) is 0 Å². The van der Waals surface area contributed by atoms with Crippen LogP contribution in [-0.4, -0.2) is 55.4 Å². The number of nitrogens with one attached hydrogen (secondary N) is 1. The third-order valence-corrected chi connectivity index (χ3v) is 3.62. The minimum atomic E-state index is -0.593. The van der Waals surface area contributed by atoms with Gasteiger partial charge in [-0.25, -0.2) is 0 Å². The van der Waals surface area contributed by atoms with Crippen molar-refractivity contribution in [3.63, 3.8) is 0 Å². The topological polar surface area (TPSA) is 71.0 Å². The molecule has 0 amide bonds. The van der Waals surface area contributed by atoms with Crippen LogP contribution in [0.4, 0.5) is 0 Å². The lowest BCUT2D eigenvalue weighted by atomic mass is 10.1. The van der Waals surface area contributed by atoms with Gasteiger partial charge in [0.05, 0.1) is 38.1 Å². The van der Waals surface area contributed by atoms with Crippen molar-refractivity contribution in [1.29, 1.82) is 0 Å². The van der Waals surface area contributed by atoms with Crippen molar-refractivity contribution < 1.29 is 19.7 Å². The molecule has 5 nitrogen and oxygen atoms in total. The van der Waals surface area contributed by atoms with Crippen molar-refractivity contribution in [2.45, 2.75) is 31.1 Å². The van der Waals surface area contributed by atoms with Crippen LogP contribution in [-0.2, 0) is 9.47 Å². The molecule has 118 valence electrons. The van der Waals surface area contributed by atoms with E-state index in [4.69, 9.17) is 9.47 Å². The van der Waals surface area contributed by atoms with Gasteiger partial charge in [0.25, 0.3) is 0 Å². The summed E-state index contributed by atoms with van der Waals surface area (Å²) < 4.78 is 10.9. The van der Waals surface area contributed by atoms with Gasteiger partial charge in [-0.05, 0) is 18.4 Å². The van der Waals surface area contributed by atoms with E-state index in [2.05, 4.69) is 5.32 Å². The molecule has 5 heteroatoms. The molecule has 2 rings (SSSR count). The third kappa shape index (κ3) is 5.73. The maximum absolute atomic E-state index is 9.90. The number of aliphatic hydroxyl groups is 2. The molecule has 1 heterocycles. The molecule has 1 fully saturated rings. The molecule has 0 aliphatic carbocycles. The lowest BCUT2D eigenvalue weighted by molar-refractivity contribution is -0.0173. The first kappa shape index (κ1) is 16.4. The molecular weight excluding hydrogens is 270 g/mol. The standard InChI is InChI=1S/C16H25NO4/c18-10-16(13-5-2-1-3-6-13)17-9-14(19)11-20-12-15-7-4-8-21-15/h1-3,5-6,14-19H,4,7-12H2. The normalized spacial score (nSPS) is 21.3. The Balaban J connectivity index is 1.63. The monoisotopic (exact) mass is 295 g/mol. The highest BCUT2D eigenvalue weighted by Crippen LogP contribution is 2.13. The molecule has 1 aromatic carbocycles. The minimum absolute atomic E-state index is 0.00644. The van der Waals surface area contributed by atoms with E-state index in [1.165, 1.54) is 0 Å². The zero-order valence-electron chi connectivity index (χ0n) is 12.3. The van der Waals surface area contributed by atoms with E-state index in [1.807, 2.05) is 30.3 Å². The van der Waals surface area contributed by atoms with Crippen molar-refractivity contribution >= 4 is 0 Å². The highest BCUT2D eigenvalue weighted by molar-refractivity contribution is 5.18. The van der Waals surface area contributed by atoms with Gasteiger partial charge in [-0.1, -0.05) is 30.3 Å². The average Bonchev–Trinajstić information content (AvgIpc) is 3.02. The van der Waals surface area contributed by atoms with Gasteiger partial charge < -0.3 is 25.0 Å². The van der Waals surface area contributed by atoms with E-state index in [0.29, 0.717) is 13.2 Å². The maximum atomic E-state index is 9.90. The fraction of sp³-hybridized carbons (Fsp3) is 0.625. The average molecular weight is 295 g/mol. The van der Waals surface area contributed by atoms with E-state index < -0.39 is 6.10 Å².